The lowest BCUT2D eigenvalue weighted by molar-refractivity contribution is -0.146. The van der Waals surface area contributed by atoms with Gasteiger partial charge in [0.1, 0.15) is 18.4 Å². The molecule has 0 unspecified atom stereocenters. The Morgan fingerprint density at radius 2 is 1.87 bits per heavy atom. The molecule has 0 aromatic carbocycles. The maximum absolute atomic E-state index is 11.0. The Hall–Kier alpha value is -1.52. The Morgan fingerprint density at radius 1 is 1.27 bits per heavy atom. The summed E-state index contributed by atoms with van der Waals surface area (Å²) in [6.45, 7) is 1.60. The normalized spacial score (nSPS) is 9.73. The molecule has 0 aromatic rings. The summed E-state index contributed by atoms with van der Waals surface area (Å²) in [6.07, 6.45) is 1.41. The summed E-state index contributed by atoms with van der Waals surface area (Å²) in [5, 5.41) is 0. The Kier molecular flexibility index (Phi) is 7.05. The van der Waals surface area contributed by atoms with E-state index in [0.29, 0.717) is 25.4 Å². The first kappa shape index (κ1) is 13.5. The molecule has 0 bridgehead atoms. The fourth-order valence-corrected chi connectivity index (χ4v) is 0.887. The molecule has 0 rings (SSSR count). The van der Waals surface area contributed by atoms with E-state index in [4.69, 9.17) is 4.74 Å². The number of hydrogen-bond donors (Lipinski definition) is 0. The second-order valence-electron chi connectivity index (χ2n) is 3.17. The fraction of sp³-hybridized carbons (Fsp3) is 0.600. The molecular weight excluding hydrogens is 200 g/mol. The molecule has 5 heteroatoms. The summed E-state index contributed by atoms with van der Waals surface area (Å²) in [5.74, 6) is -1.49. The van der Waals surface area contributed by atoms with E-state index in [1.807, 2.05) is 0 Å². The second-order valence-corrected chi connectivity index (χ2v) is 3.17. The molecule has 0 atom stereocenters. The molecule has 0 radical (unpaired) electrons. The van der Waals surface area contributed by atoms with Crippen molar-refractivity contribution in [1.82, 2.24) is 0 Å². The van der Waals surface area contributed by atoms with E-state index in [9.17, 15) is 19.2 Å². The van der Waals surface area contributed by atoms with Crippen LogP contribution in [0.4, 0.5) is 0 Å². The van der Waals surface area contributed by atoms with E-state index in [2.05, 4.69) is 0 Å². The zero-order valence-corrected chi connectivity index (χ0v) is 8.60. The minimum absolute atomic E-state index is 0.0321. The highest BCUT2D eigenvalue weighted by Crippen LogP contribution is 1.99. The number of carbonyl (C=O) groups is 4. The summed E-state index contributed by atoms with van der Waals surface area (Å²) in [7, 11) is 0. The first-order valence-electron chi connectivity index (χ1n) is 4.65. The van der Waals surface area contributed by atoms with E-state index >= 15 is 0 Å². The van der Waals surface area contributed by atoms with Gasteiger partial charge in [-0.15, -0.1) is 0 Å². The molecular formula is C10H14O5. The number of esters is 1. The van der Waals surface area contributed by atoms with Crippen LogP contribution < -0.4 is 0 Å². The Bertz CT molecular complexity index is 238. The Balaban J connectivity index is 3.61. The second kappa shape index (κ2) is 7.84. The van der Waals surface area contributed by atoms with Crippen molar-refractivity contribution >= 4 is 24.3 Å². The smallest absolute Gasteiger partial charge is 0.306 e. The van der Waals surface area contributed by atoms with E-state index < -0.39 is 11.9 Å². The summed E-state index contributed by atoms with van der Waals surface area (Å²) < 4.78 is 4.72. The molecule has 0 saturated heterocycles. The van der Waals surface area contributed by atoms with Gasteiger partial charge in [-0.25, -0.2) is 0 Å². The van der Waals surface area contributed by atoms with Crippen molar-refractivity contribution < 1.29 is 23.9 Å². The molecule has 0 spiro atoms. The van der Waals surface area contributed by atoms with Crippen LogP contribution in [0.25, 0.3) is 0 Å². The highest BCUT2D eigenvalue weighted by Gasteiger charge is 2.12. The number of rotatable bonds is 8. The molecule has 0 saturated carbocycles. The average Bonchev–Trinajstić information content (AvgIpc) is 2.20. The lowest BCUT2D eigenvalue weighted by Crippen LogP contribution is -2.14. The molecule has 0 N–H and O–H groups in total. The van der Waals surface area contributed by atoms with Crippen molar-refractivity contribution in [3.8, 4) is 0 Å². The molecule has 0 aliphatic rings. The molecule has 0 amide bonds. The van der Waals surface area contributed by atoms with Crippen molar-refractivity contribution in [1.29, 1.82) is 0 Å². The highest BCUT2D eigenvalue weighted by atomic mass is 16.5. The predicted molar refractivity (Wildman–Crippen MR) is 51.1 cm³/mol. The number of carbonyl (C=O) groups excluding carboxylic acids is 4. The van der Waals surface area contributed by atoms with Gasteiger partial charge in [0.15, 0.2) is 0 Å². The van der Waals surface area contributed by atoms with Crippen molar-refractivity contribution in [3.05, 3.63) is 0 Å². The molecule has 15 heavy (non-hydrogen) atoms. The zero-order chi connectivity index (χ0) is 11.7. The molecule has 0 aromatic heterocycles. The minimum atomic E-state index is -0.926. The van der Waals surface area contributed by atoms with E-state index in [1.165, 1.54) is 6.92 Å². The third-order valence-electron chi connectivity index (χ3n) is 1.69. The van der Waals surface area contributed by atoms with Crippen LogP contribution in [0.2, 0.25) is 0 Å². The van der Waals surface area contributed by atoms with E-state index in [0.717, 1.165) is 0 Å². The number of ether oxygens (including phenoxy) is 1. The maximum Gasteiger partial charge on any atom is 0.306 e. The van der Waals surface area contributed by atoms with Gasteiger partial charge in [-0.2, -0.15) is 0 Å². The molecule has 0 fully saturated rings. The fourth-order valence-electron chi connectivity index (χ4n) is 0.887. The molecule has 0 aliphatic heterocycles. The van der Waals surface area contributed by atoms with Crippen molar-refractivity contribution in [2.75, 3.05) is 6.61 Å². The quantitative estimate of drug-likeness (QED) is 0.251. The van der Waals surface area contributed by atoms with Gasteiger partial charge < -0.3 is 19.1 Å². The van der Waals surface area contributed by atoms with Gasteiger partial charge in [0.2, 0.25) is 0 Å². The lowest BCUT2D eigenvalue weighted by atomic mass is 10.1. The zero-order valence-electron chi connectivity index (χ0n) is 8.60. The van der Waals surface area contributed by atoms with Crippen LogP contribution >= 0.6 is 0 Å². The Labute approximate surface area is 87.8 Å². The number of aldehydes is 2. The average molecular weight is 214 g/mol. The minimum Gasteiger partial charge on any atom is -0.466 e. The van der Waals surface area contributed by atoms with Crippen LogP contribution in [0, 0.1) is 5.92 Å². The summed E-state index contributed by atoms with van der Waals surface area (Å²) in [4.78, 5) is 41.9. The van der Waals surface area contributed by atoms with Gasteiger partial charge in [-0.3, -0.25) is 4.79 Å². The van der Waals surface area contributed by atoms with Gasteiger partial charge in [0, 0.05) is 6.42 Å². The molecule has 0 heterocycles. The van der Waals surface area contributed by atoms with Crippen molar-refractivity contribution in [2.24, 2.45) is 5.92 Å². The third kappa shape index (κ3) is 7.54. The SMILES string of the molecule is CC(=O)CCCOC(=O)CC(C=O)C=O. The van der Waals surface area contributed by atoms with Gasteiger partial charge in [-0.1, -0.05) is 0 Å². The Morgan fingerprint density at radius 3 is 2.33 bits per heavy atom. The lowest BCUT2D eigenvalue weighted by Gasteiger charge is -2.04. The number of Topliss-reactive ketones (excluding diaryl/α,β-unsaturated/α-hetero) is 1. The molecule has 84 valence electrons. The first-order valence-corrected chi connectivity index (χ1v) is 4.65. The highest BCUT2D eigenvalue weighted by molar-refractivity contribution is 5.84. The molecule has 0 aliphatic carbocycles. The van der Waals surface area contributed by atoms with Crippen LogP contribution in [-0.4, -0.2) is 30.9 Å². The van der Waals surface area contributed by atoms with Crippen LogP contribution in [0.15, 0.2) is 0 Å². The van der Waals surface area contributed by atoms with Gasteiger partial charge in [0.05, 0.1) is 18.9 Å². The van der Waals surface area contributed by atoms with Crippen molar-refractivity contribution in [3.63, 3.8) is 0 Å². The maximum atomic E-state index is 11.0. The van der Waals surface area contributed by atoms with Gasteiger partial charge in [0.25, 0.3) is 0 Å². The van der Waals surface area contributed by atoms with E-state index in [1.54, 1.807) is 0 Å². The summed E-state index contributed by atoms with van der Waals surface area (Å²) >= 11 is 0. The molecule has 5 nitrogen and oxygen atoms in total. The number of ketones is 1. The monoisotopic (exact) mass is 214 g/mol. The predicted octanol–water partition coefficient (Wildman–Crippen LogP) is 0.303. The number of hydrogen-bond acceptors (Lipinski definition) is 5. The summed E-state index contributed by atoms with van der Waals surface area (Å²) in [6, 6.07) is 0. The van der Waals surface area contributed by atoms with Crippen molar-refractivity contribution in [2.45, 2.75) is 26.2 Å². The largest absolute Gasteiger partial charge is 0.466 e. The topological polar surface area (TPSA) is 77.5 Å². The van der Waals surface area contributed by atoms with Crippen LogP contribution in [0.1, 0.15) is 26.2 Å². The van der Waals surface area contributed by atoms with Gasteiger partial charge >= 0.3 is 5.97 Å². The van der Waals surface area contributed by atoms with Crippen LogP contribution in [0.5, 0.6) is 0 Å². The van der Waals surface area contributed by atoms with Crippen LogP contribution in [-0.2, 0) is 23.9 Å². The van der Waals surface area contributed by atoms with Gasteiger partial charge in [-0.05, 0) is 13.3 Å². The van der Waals surface area contributed by atoms with E-state index in [-0.39, 0.29) is 18.8 Å². The summed E-state index contributed by atoms with van der Waals surface area (Å²) in [5.41, 5.74) is 0. The third-order valence-corrected chi connectivity index (χ3v) is 1.69. The standard InChI is InChI=1S/C10H14O5/c1-8(13)3-2-4-15-10(14)5-9(6-11)7-12/h6-7,9H,2-5H2,1H3. The first-order chi connectivity index (χ1) is 7.10. The van der Waals surface area contributed by atoms with Crippen LogP contribution in [0.3, 0.4) is 0 Å².